The van der Waals surface area contributed by atoms with E-state index in [2.05, 4.69) is 23.8 Å². The highest BCUT2D eigenvalue weighted by Gasteiger charge is 2.17. The fraction of sp³-hybridized carbons (Fsp3) is 0.500. The quantitative estimate of drug-likeness (QED) is 0.536. The fourth-order valence-corrected chi connectivity index (χ4v) is 1.19. The molecule has 2 atom stereocenters. The Bertz CT molecular complexity index is 115. The van der Waals surface area contributed by atoms with E-state index in [0.717, 1.165) is 13.1 Å². The Morgan fingerprint density at radius 2 is 1.40 bits per heavy atom. The molecule has 2 nitrogen and oxygen atoms in total. The van der Waals surface area contributed by atoms with Crippen LogP contribution in [-0.4, -0.2) is 25.2 Å². The summed E-state index contributed by atoms with van der Waals surface area (Å²) < 4.78 is 0. The smallest absolute Gasteiger partial charge is 0.0439 e. The van der Waals surface area contributed by atoms with E-state index in [1.807, 2.05) is 12.2 Å². The van der Waals surface area contributed by atoms with Gasteiger partial charge in [0.1, 0.15) is 0 Å². The third kappa shape index (κ3) is 1.46. The average molecular weight is 138 g/mol. The zero-order chi connectivity index (χ0) is 7.40. The molecule has 0 bridgehead atoms. The molecule has 1 heterocycles. The lowest BCUT2D eigenvalue weighted by Gasteiger charge is -2.29. The summed E-state index contributed by atoms with van der Waals surface area (Å²) in [5, 5.41) is 6.64. The van der Waals surface area contributed by atoms with E-state index >= 15 is 0 Å². The minimum absolute atomic E-state index is 0.353. The molecule has 0 radical (unpaired) electrons. The number of piperazine rings is 1. The molecule has 0 amide bonds. The Hall–Kier alpha value is -0.600. The van der Waals surface area contributed by atoms with Crippen LogP contribution < -0.4 is 10.6 Å². The van der Waals surface area contributed by atoms with Crippen LogP contribution in [0.4, 0.5) is 0 Å². The lowest BCUT2D eigenvalue weighted by molar-refractivity contribution is 0.411. The van der Waals surface area contributed by atoms with Crippen LogP contribution in [0.3, 0.4) is 0 Å². The number of hydrogen-bond acceptors (Lipinski definition) is 2. The van der Waals surface area contributed by atoms with Crippen molar-refractivity contribution < 1.29 is 0 Å². The first-order valence-electron chi connectivity index (χ1n) is 3.60. The summed E-state index contributed by atoms with van der Waals surface area (Å²) in [6.45, 7) is 9.49. The normalized spacial score (nSPS) is 33.2. The van der Waals surface area contributed by atoms with E-state index in [0.29, 0.717) is 12.1 Å². The first-order valence-corrected chi connectivity index (χ1v) is 3.60. The summed E-state index contributed by atoms with van der Waals surface area (Å²) in [5.41, 5.74) is 0. The Labute approximate surface area is 62.0 Å². The first-order chi connectivity index (χ1) is 4.88. The van der Waals surface area contributed by atoms with Crippen molar-refractivity contribution in [3.8, 4) is 0 Å². The summed E-state index contributed by atoms with van der Waals surface area (Å²) in [6.07, 6.45) is 3.83. The molecule has 10 heavy (non-hydrogen) atoms. The molecule has 2 heteroatoms. The van der Waals surface area contributed by atoms with Crippen LogP contribution in [0.25, 0.3) is 0 Å². The van der Waals surface area contributed by atoms with E-state index in [1.54, 1.807) is 0 Å². The van der Waals surface area contributed by atoms with Crippen molar-refractivity contribution in [1.82, 2.24) is 10.6 Å². The lowest BCUT2D eigenvalue weighted by Crippen LogP contribution is -2.53. The highest BCUT2D eigenvalue weighted by Crippen LogP contribution is 1.99. The third-order valence-electron chi connectivity index (χ3n) is 1.78. The predicted octanol–water partition coefficient (Wildman–Crippen LogP) is 0.288. The second-order valence-corrected chi connectivity index (χ2v) is 2.43. The summed E-state index contributed by atoms with van der Waals surface area (Å²) in [6, 6.07) is 0.706. The van der Waals surface area contributed by atoms with Crippen LogP contribution in [0, 0.1) is 0 Å². The van der Waals surface area contributed by atoms with E-state index in [4.69, 9.17) is 0 Å². The summed E-state index contributed by atoms with van der Waals surface area (Å²) in [4.78, 5) is 0. The Morgan fingerprint density at radius 1 is 1.00 bits per heavy atom. The standard InChI is InChI=1S/C8H14N2/c1-3-7-8(4-2)10-6-5-9-7/h3-4,7-10H,1-2,5-6H2. The van der Waals surface area contributed by atoms with E-state index in [9.17, 15) is 0 Å². The molecule has 0 aliphatic carbocycles. The molecule has 0 aromatic rings. The topological polar surface area (TPSA) is 24.1 Å². The molecular weight excluding hydrogens is 124 g/mol. The van der Waals surface area contributed by atoms with Gasteiger partial charge in [-0.1, -0.05) is 12.2 Å². The minimum atomic E-state index is 0.353. The van der Waals surface area contributed by atoms with Gasteiger partial charge < -0.3 is 10.6 Å². The number of rotatable bonds is 2. The Balaban J connectivity index is 2.49. The average Bonchev–Trinajstić information content (AvgIpc) is 2.04. The molecule has 1 saturated heterocycles. The van der Waals surface area contributed by atoms with E-state index < -0.39 is 0 Å². The van der Waals surface area contributed by atoms with Gasteiger partial charge in [-0.3, -0.25) is 0 Å². The SMILES string of the molecule is C=CC1NCCNC1C=C. The second-order valence-electron chi connectivity index (χ2n) is 2.43. The van der Waals surface area contributed by atoms with Crippen molar-refractivity contribution in [2.45, 2.75) is 12.1 Å². The van der Waals surface area contributed by atoms with Crippen molar-refractivity contribution in [1.29, 1.82) is 0 Å². The van der Waals surface area contributed by atoms with Crippen LogP contribution in [0.5, 0.6) is 0 Å². The Morgan fingerprint density at radius 3 is 1.70 bits per heavy atom. The van der Waals surface area contributed by atoms with Gasteiger partial charge in [0.2, 0.25) is 0 Å². The maximum atomic E-state index is 3.73. The van der Waals surface area contributed by atoms with Crippen LogP contribution in [0.1, 0.15) is 0 Å². The molecule has 56 valence electrons. The molecule has 1 aliphatic heterocycles. The van der Waals surface area contributed by atoms with Crippen molar-refractivity contribution in [3.05, 3.63) is 25.3 Å². The summed E-state index contributed by atoms with van der Waals surface area (Å²) >= 11 is 0. The van der Waals surface area contributed by atoms with Gasteiger partial charge in [0.15, 0.2) is 0 Å². The van der Waals surface area contributed by atoms with Gasteiger partial charge in [0.25, 0.3) is 0 Å². The zero-order valence-electron chi connectivity index (χ0n) is 6.14. The molecule has 1 rings (SSSR count). The molecule has 2 N–H and O–H groups in total. The second kappa shape index (κ2) is 3.54. The molecule has 1 aliphatic rings. The van der Waals surface area contributed by atoms with Gasteiger partial charge in [0, 0.05) is 25.2 Å². The maximum Gasteiger partial charge on any atom is 0.0439 e. The van der Waals surface area contributed by atoms with E-state index in [-0.39, 0.29) is 0 Å². The maximum absolute atomic E-state index is 3.73. The van der Waals surface area contributed by atoms with Gasteiger partial charge in [-0.05, 0) is 0 Å². The largest absolute Gasteiger partial charge is 0.308 e. The molecule has 0 saturated carbocycles. The highest BCUT2D eigenvalue weighted by molar-refractivity contribution is 5.05. The van der Waals surface area contributed by atoms with Crippen molar-refractivity contribution in [2.75, 3.05) is 13.1 Å². The third-order valence-corrected chi connectivity index (χ3v) is 1.78. The molecule has 1 fully saturated rings. The number of nitrogens with one attached hydrogen (secondary N) is 2. The highest BCUT2D eigenvalue weighted by atomic mass is 15.1. The van der Waals surface area contributed by atoms with Crippen LogP contribution in [-0.2, 0) is 0 Å². The lowest BCUT2D eigenvalue weighted by atomic mass is 10.1. The van der Waals surface area contributed by atoms with Crippen LogP contribution in [0.15, 0.2) is 25.3 Å². The molecular formula is C8H14N2. The van der Waals surface area contributed by atoms with Gasteiger partial charge in [0.05, 0.1) is 0 Å². The predicted molar refractivity (Wildman–Crippen MR) is 44.0 cm³/mol. The van der Waals surface area contributed by atoms with Gasteiger partial charge in [-0.2, -0.15) is 0 Å². The van der Waals surface area contributed by atoms with Gasteiger partial charge in [-0.25, -0.2) is 0 Å². The van der Waals surface area contributed by atoms with Crippen molar-refractivity contribution in [2.24, 2.45) is 0 Å². The number of hydrogen-bond donors (Lipinski definition) is 2. The van der Waals surface area contributed by atoms with Crippen LogP contribution >= 0.6 is 0 Å². The van der Waals surface area contributed by atoms with Crippen molar-refractivity contribution >= 4 is 0 Å². The van der Waals surface area contributed by atoms with Crippen LogP contribution in [0.2, 0.25) is 0 Å². The summed E-state index contributed by atoms with van der Waals surface area (Å²) in [5.74, 6) is 0. The minimum Gasteiger partial charge on any atom is -0.308 e. The molecule has 0 spiro atoms. The van der Waals surface area contributed by atoms with Gasteiger partial charge in [-0.15, -0.1) is 13.2 Å². The Kier molecular flexibility index (Phi) is 2.66. The van der Waals surface area contributed by atoms with Crippen molar-refractivity contribution in [3.63, 3.8) is 0 Å². The molecule has 0 aromatic carbocycles. The fourth-order valence-electron chi connectivity index (χ4n) is 1.19. The molecule has 2 unspecified atom stereocenters. The van der Waals surface area contributed by atoms with Gasteiger partial charge >= 0.3 is 0 Å². The zero-order valence-corrected chi connectivity index (χ0v) is 6.14. The summed E-state index contributed by atoms with van der Waals surface area (Å²) in [7, 11) is 0. The van der Waals surface area contributed by atoms with E-state index in [1.165, 1.54) is 0 Å². The molecule has 0 aromatic heterocycles. The monoisotopic (exact) mass is 138 g/mol. The first kappa shape index (κ1) is 7.51.